The molecule has 3 aromatic carbocycles. The predicted molar refractivity (Wildman–Crippen MR) is 134 cm³/mol. The molecule has 3 heteroatoms. The van der Waals surface area contributed by atoms with Crippen LogP contribution in [0.15, 0.2) is 60.7 Å². The van der Waals surface area contributed by atoms with Crippen LogP contribution < -0.4 is 0 Å². The first-order chi connectivity index (χ1) is 16.5. The molecular weight excluding hydrogens is 429 g/mol. The minimum atomic E-state index is -0.852. The fourth-order valence-corrected chi connectivity index (χ4v) is 5.80. The quantitative estimate of drug-likeness (QED) is 0.364. The minimum Gasteiger partial charge on any atom is -0.206 e. The van der Waals surface area contributed by atoms with E-state index in [1.54, 1.807) is 42.5 Å². The van der Waals surface area contributed by atoms with Crippen LogP contribution in [0.4, 0.5) is 13.2 Å². The van der Waals surface area contributed by atoms with Gasteiger partial charge in [-0.25, -0.2) is 13.2 Å². The second kappa shape index (κ2) is 9.82. The Morgan fingerprint density at radius 1 is 0.647 bits per heavy atom. The van der Waals surface area contributed by atoms with E-state index in [9.17, 15) is 8.78 Å². The average molecular weight is 461 g/mol. The average Bonchev–Trinajstić information content (AvgIpc) is 2.88. The SMILES string of the molecule is Cc1ccc(-c2ccc(-c3ccc(C4=CCC(C5CCCCC5)CC4)cc3F)cc2)c(F)c1F. The van der Waals surface area contributed by atoms with Crippen LogP contribution in [0.5, 0.6) is 0 Å². The Kier molecular flexibility index (Phi) is 6.63. The largest absolute Gasteiger partial charge is 0.206 e. The van der Waals surface area contributed by atoms with E-state index in [0.29, 0.717) is 11.1 Å². The summed E-state index contributed by atoms with van der Waals surface area (Å²) in [7, 11) is 0. The van der Waals surface area contributed by atoms with Crippen LogP contribution in [0.2, 0.25) is 0 Å². The van der Waals surface area contributed by atoms with Gasteiger partial charge in [-0.3, -0.25) is 0 Å². The first kappa shape index (κ1) is 23.0. The first-order valence-electron chi connectivity index (χ1n) is 12.6. The van der Waals surface area contributed by atoms with Crippen LogP contribution >= 0.6 is 0 Å². The summed E-state index contributed by atoms with van der Waals surface area (Å²) in [6.45, 7) is 1.54. The van der Waals surface area contributed by atoms with Gasteiger partial charge in [0.1, 0.15) is 5.82 Å². The van der Waals surface area contributed by atoms with Crippen molar-refractivity contribution in [2.45, 2.75) is 58.3 Å². The Morgan fingerprint density at radius 2 is 1.29 bits per heavy atom. The number of allylic oxidation sites excluding steroid dienone is 2. The van der Waals surface area contributed by atoms with Crippen molar-refractivity contribution in [1.82, 2.24) is 0 Å². The maximum Gasteiger partial charge on any atom is 0.166 e. The van der Waals surface area contributed by atoms with Crippen LogP contribution in [0.1, 0.15) is 62.5 Å². The highest BCUT2D eigenvalue weighted by molar-refractivity contribution is 5.74. The minimum absolute atomic E-state index is 0.209. The molecule has 1 atom stereocenters. The maximum atomic E-state index is 15.1. The molecule has 2 aliphatic rings. The standard InChI is InChI=1S/C31H31F3/c1-20-7-17-28(31(34)30(20)33)25-14-12-24(13-15-25)27-18-16-26(19-29(27)32)23-10-8-22(9-11-23)21-5-3-2-4-6-21/h7,10,12-19,21-22H,2-6,8-9,11H2,1H3. The van der Waals surface area contributed by atoms with Gasteiger partial charge in [-0.05, 0) is 71.9 Å². The molecule has 3 aromatic rings. The van der Waals surface area contributed by atoms with Gasteiger partial charge in [0.05, 0.1) is 0 Å². The van der Waals surface area contributed by atoms with Crippen molar-refractivity contribution < 1.29 is 13.2 Å². The van der Waals surface area contributed by atoms with E-state index in [0.717, 1.165) is 35.8 Å². The van der Waals surface area contributed by atoms with Gasteiger partial charge in [-0.15, -0.1) is 0 Å². The molecule has 0 saturated heterocycles. The topological polar surface area (TPSA) is 0 Å². The molecule has 5 rings (SSSR count). The van der Waals surface area contributed by atoms with Gasteiger partial charge >= 0.3 is 0 Å². The van der Waals surface area contributed by atoms with Gasteiger partial charge in [0.15, 0.2) is 11.6 Å². The zero-order valence-corrected chi connectivity index (χ0v) is 19.7. The summed E-state index contributed by atoms with van der Waals surface area (Å²) in [4.78, 5) is 0. The van der Waals surface area contributed by atoms with Gasteiger partial charge in [0, 0.05) is 11.1 Å². The van der Waals surface area contributed by atoms with Crippen molar-refractivity contribution in [1.29, 1.82) is 0 Å². The van der Waals surface area contributed by atoms with E-state index in [2.05, 4.69) is 6.08 Å². The van der Waals surface area contributed by atoms with Crippen LogP contribution in [0, 0.1) is 36.2 Å². The highest BCUT2D eigenvalue weighted by Gasteiger charge is 2.25. The van der Waals surface area contributed by atoms with Gasteiger partial charge < -0.3 is 0 Å². The fraction of sp³-hybridized carbons (Fsp3) is 0.355. The summed E-state index contributed by atoms with van der Waals surface area (Å²) < 4.78 is 43.4. The fourth-order valence-electron chi connectivity index (χ4n) is 5.80. The molecule has 1 unspecified atom stereocenters. The Hall–Kier alpha value is -2.81. The smallest absolute Gasteiger partial charge is 0.166 e. The molecule has 0 aromatic heterocycles. The lowest BCUT2D eigenvalue weighted by molar-refractivity contribution is 0.235. The third-order valence-electron chi connectivity index (χ3n) is 7.89. The lowest BCUT2D eigenvalue weighted by Crippen LogP contribution is -2.19. The summed E-state index contributed by atoms with van der Waals surface area (Å²) in [5, 5.41) is 0. The van der Waals surface area contributed by atoms with E-state index >= 15 is 4.39 Å². The van der Waals surface area contributed by atoms with Crippen LogP contribution in [0.3, 0.4) is 0 Å². The van der Waals surface area contributed by atoms with Crippen LogP contribution in [0.25, 0.3) is 27.8 Å². The van der Waals surface area contributed by atoms with E-state index in [-0.39, 0.29) is 16.9 Å². The third kappa shape index (κ3) is 4.58. The predicted octanol–water partition coefficient (Wildman–Crippen LogP) is 9.51. The molecule has 0 N–H and O–H groups in total. The molecular formula is C31H31F3. The summed E-state index contributed by atoms with van der Waals surface area (Å²) in [6, 6.07) is 15.6. The lowest BCUT2D eigenvalue weighted by atomic mass is 9.73. The maximum absolute atomic E-state index is 15.1. The van der Waals surface area contributed by atoms with Crippen LogP contribution in [-0.2, 0) is 0 Å². The van der Waals surface area contributed by atoms with Crippen LogP contribution in [-0.4, -0.2) is 0 Å². The van der Waals surface area contributed by atoms with E-state index in [4.69, 9.17) is 0 Å². The van der Waals surface area contributed by atoms with Crippen molar-refractivity contribution in [3.8, 4) is 22.3 Å². The second-order valence-electron chi connectivity index (χ2n) is 9.99. The molecule has 1 fully saturated rings. The summed E-state index contributed by atoms with van der Waals surface area (Å²) in [5.74, 6) is -0.273. The number of rotatable bonds is 4. The zero-order valence-electron chi connectivity index (χ0n) is 19.7. The summed E-state index contributed by atoms with van der Waals surface area (Å²) in [5.41, 5.74) is 4.51. The Labute approximate surface area is 200 Å². The molecule has 0 spiro atoms. The molecule has 2 aliphatic carbocycles. The Balaban J connectivity index is 1.32. The molecule has 0 nitrogen and oxygen atoms in total. The number of hydrogen-bond donors (Lipinski definition) is 0. The molecule has 0 aliphatic heterocycles. The number of aryl methyl sites for hydroxylation is 1. The van der Waals surface area contributed by atoms with Crippen molar-refractivity contribution in [3.05, 3.63) is 89.3 Å². The second-order valence-corrected chi connectivity index (χ2v) is 9.99. The van der Waals surface area contributed by atoms with E-state index in [1.807, 2.05) is 12.1 Å². The van der Waals surface area contributed by atoms with E-state index in [1.165, 1.54) is 51.0 Å². The molecule has 0 amide bonds. The Bertz CT molecular complexity index is 1200. The van der Waals surface area contributed by atoms with Crippen molar-refractivity contribution in [3.63, 3.8) is 0 Å². The number of hydrogen-bond acceptors (Lipinski definition) is 0. The van der Waals surface area contributed by atoms with Gasteiger partial charge in [0.25, 0.3) is 0 Å². The van der Waals surface area contributed by atoms with Gasteiger partial charge in [-0.2, -0.15) is 0 Å². The zero-order chi connectivity index (χ0) is 23.7. The lowest BCUT2D eigenvalue weighted by Gasteiger charge is -2.32. The molecule has 0 radical (unpaired) electrons. The highest BCUT2D eigenvalue weighted by Crippen LogP contribution is 2.40. The first-order valence-corrected chi connectivity index (χ1v) is 12.6. The normalized spacial score (nSPS) is 19.2. The molecule has 0 bridgehead atoms. The molecule has 0 heterocycles. The molecule has 176 valence electrons. The summed E-state index contributed by atoms with van der Waals surface area (Å²) >= 11 is 0. The molecule has 1 saturated carbocycles. The number of benzene rings is 3. The van der Waals surface area contributed by atoms with E-state index < -0.39 is 11.6 Å². The summed E-state index contributed by atoms with van der Waals surface area (Å²) in [6.07, 6.45) is 12.6. The van der Waals surface area contributed by atoms with Crippen molar-refractivity contribution >= 4 is 5.57 Å². The molecule has 34 heavy (non-hydrogen) atoms. The van der Waals surface area contributed by atoms with Gasteiger partial charge in [-0.1, -0.05) is 86.7 Å². The monoisotopic (exact) mass is 460 g/mol. The van der Waals surface area contributed by atoms with Crippen molar-refractivity contribution in [2.24, 2.45) is 11.8 Å². The van der Waals surface area contributed by atoms with Gasteiger partial charge in [0.2, 0.25) is 0 Å². The number of halogens is 3. The third-order valence-corrected chi connectivity index (χ3v) is 7.89. The van der Waals surface area contributed by atoms with Crippen molar-refractivity contribution in [2.75, 3.05) is 0 Å². The Morgan fingerprint density at radius 3 is 1.94 bits per heavy atom. The highest BCUT2D eigenvalue weighted by atomic mass is 19.2.